The van der Waals surface area contributed by atoms with Crippen LogP contribution in [-0.4, -0.2) is 33.0 Å². The average molecular weight is 494 g/mol. The van der Waals surface area contributed by atoms with Crippen molar-refractivity contribution in [1.29, 1.82) is 0 Å². The Hall–Kier alpha value is -4.46. The van der Waals surface area contributed by atoms with Gasteiger partial charge >= 0.3 is 0 Å². The van der Waals surface area contributed by atoms with Crippen LogP contribution >= 0.6 is 0 Å². The highest BCUT2D eigenvalue weighted by atomic mass is 16.5. The molecule has 0 amide bonds. The number of aliphatic imine (C=N–C) groups is 1. The highest BCUT2D eigenvalue weighted by Crippen LogP contribution is 2.31. The van der Waals surface area contributed by atoms with Crippen LogP contribution in [0.1, 0.15) is 30.9 Å². The first-order chi connectivity index (χ1) is 17.8. The molecule has 37 heavy (non-hydrogen) atoms. The average Bonchev–Trinajstić information content (AvgIpc) is 3.40. The quantitative estimate of drug-likeness (QED) is 0.282. The molecular formula is C29H27N5O3. The van der Waals surface area contributed by atoms with Gasteiger partial charge < -0.3 is 19.2 Å². The van der Waals surface area contributed by atoms with Crippen LogP contribution < -0.4 is 10.1 Å². The minimum Gasteiger partial charge on any atom is -0.478 e. The lowest BCUT2D eigenvalue weighted by atomic mass is 10.1. The number of ether oxygens (including phenoxy) is 2. The maximum atomic E-state index is 6.14. The zero-order valence-corrected chi connectivity index (χ0v) is 21.2. The number of hydrogen-bond acceptors (Lipinski definition) is 8. The second kappa shape index (κ2) is 8.89. The number of nitrogens with zero attached hydrogens (tertiary/aromatic N) is 4. The molecule has 8 nitrogen and oxygen atoms in total. The van der Waals surface area contributed by atoms with Crippen LogP contribution in [0.15, 0.2) is 70.3 Å². The van der Waals surface area contributed by atoms with E-state index in [0.29, 0.717) is 24.7 Å². The van der Waals surface area contributed by atoms with E-state index in [2.05, 4.69) is 51.2 Å². The minimum atomic E-state index is -0.169. The fraction of sp³-hybridized carbons (Fsp3) is 0.241. The van der Waals surface area contributed by atoms with Crippen molar-refractivity contribution < 1.29 is 13.9 Å². The van der Waals surface area contributed by atoms with Gasteiger partial charge in [0.15, 0.2) is 17.4 Å². The minimum absolute atomic E-state index is 0.169. The molecule has 5 aromatic rings. The second-order valence-corrected chi connectivity index (χ2v) is 9.93. The van der Waals surface area contributed by atoms with Gasteiger partial charge in [-0.2, -0.15) is 0 Å². The molecule has 1 aliphatic heterocycles. The first kappa shape index (κ1) is 23.0. The standard InChI is InChI=1S/C29H27N5O3/c1-17-11-20(6-9-25(17)37-21-7-10-26-24(14-21)32-18(2)36-26)33-28-22-12-19(5-8-23(22)30-16-31-28)13-27-34-29(3,4)15-35-27/h5-12,14,16H,13,15H2,1-4H3,(H,30,31,33). The molecule has 0 atom stereocenters. The van der Waals surface area contributed by atoms with E-state index >= 15 is 0 Å². The van der Waals surface area contributed by atoms with Gasteiger partial charge in [-0.15, -0.1) is 0 Å². The molecule has 0 bridgehead atoms. The van der Waals surface area contributed by atoms with Crippen molar-refractivity contribution in [3.05, 3.63) is 77.9 Å². The van der Waals surface area contributed by atoms with Crippen LogP contribution in [0.4, 0.5) is 11.5 Å². The summed E-state index contributed by atoms with van der Waals surface area (Å²) in [7, 11) is 0. The predicted octanol–water partition coefficient (Wildman–Crippen LogP) is 6.67. The van der Waals surface area contributed by atoms with Crippen molar-refractivity contribution in [2.24, 2.45) is 4.99 Å². The lowest BCUT2D eigenvalue weighted by Crippen LogP contribution is -2.17. The van der Waals surface area contributed by atoms with Gasteiger partial charge in [0.25, 0.3) is 0 Å². The van der Waals surface area contributed by atoms with Crippen LogP contribution in [0, 0.1) is 13.8 Å². The summed E-state index contributed by atoms with van der Waals surface area (Å²) >= 11 is 0. The smallest absolute Gasteiger partial charge is 0.192 e. The second-order valence-electron chi connectivity index (χ2n) is 9.93. The fourth-order valence-electron chi connectivity index (χ4n) is 4.43. The van der Waals surface area contributed by atoms with Crippen LogP contribution in [0.3, 0.4) is 0 Å². The van der Waals surface area contributed by atoms with Gasteiger partial charge in [-0.1, -0.05) is 6.07 Å². The summed E-state index contributed by atoms with van der Waals surface area (Å²) in [6.45, 7) is 8.60. The normalized spacial score (nSPS) is 14.5. The molecule has 1 aliphatic rings. The third-order valence-corrected chi connectivity index (χ3v) is 6.21. The Balaban J connectivity index is 1.23. The molecule has 0 radical (unpaired) electrons. The van der Waals surface area contributed by atoms with Gasteiger partial charge in [-0.05, 0) is 74.4 Å². The van der Waals surface area contributed by atoms with Gasteiger partial charge in [0, 0.05) is 30.5 Å². The molecule has 186 valence electrons. The molecule has 2 aromatic heterocycles. The molecule has 0 saturated heterocycles. The SMILES string of the molecule is Cc1nc2cc(Oc3ccc(Nc4ncnc5ccc(CC6=NC(C)(C)CO6)cc45)cc3C)ccc2o1. The van der Waals surface area contributed by atoms with Crippen LogP contribution in [-0.2, 0) is 11.2 Å². The van der Waals surface area contributed by atoms with E-state index in [9.17, 15) is 0 Å². The molecule has 0 spiro atoms. The van der Waals surface area contributed by atoms with Crippen LogP contribution in [0.2, 0.25) is 0 Å². The molecule has 0 aliphatic carbocycles. The lowest BCUT2D eigenvalue weighted by Gasteiger charge is -2.13. The van der Waals surface area contributed by atoms with E-state index in [0.717, 1.165) is 56.3 Å². The molecule has 0 unspecified atom stereocenters. The Morgan fingerprint density at radius 1 is 0.973 bits per heavy atom. The molecule has 8 heteroatoms. The number of anilines is 2. The Kier molecular flexibility index (Phi) is 5.52. The molecular weight excluding hydrogens is 466 g/mol. The lowest BCUT2D eigenvalue weighted by molar-refractivity contribution is 0.275. The summed E-state index contributed by atoms with van der Waals surface area (Å²) in [5.74, 6) is 3.60. The fourth-order valence-corrected chi connectivity index (χ4v) is 4.43. The highest BCUT2D eigenvalue weighted by molar-refractivity contribution is 5.92. The van der Waals surface area contributed by atoms with Gasteiger partial charge in [-0.25, -0.2) is 19.9 Å². The topological polar surface area (TPSA) is 94.7 Å². The van der Waals surface area contributed by atoms with Crippen LogP contribution in [0.5, 0.6) is 11.5 Å². The van der Waals surface area contributed by atoms with Crippen molar-refractivity contribution >= 4 is 39.4 Å². The maximum Gasteiger partial charge on any atom is 0.192 e. The predicted molar refractivity (Wildman–Crippen MR) is 144 cm³/mol. The third kappa shape index (κ3) is 4.82. The van der Waals surface area contributed by atoms with E-state index < -0.39 is 0 Å². The number of fused-ring (bicyclic) bond motifs is 2. The van der Waals surface area contributed by atoms with Crippen molar-refractivity contribution in [2.45, 2.75) is 39.7 Å². The summed E-state index contributed by atoms with van der Waals surface area (Å²) in [4.78, 5) is 18.0. The molecule has 0 fully saturated rings. The van der Waals surface area contributed by atoms with Gasteiger partial charge in [0.1, 0.15) is 35.8 Å². The zero-order chi connectivity index (χ0) is 25.6. The Labute approximate surface area is 214 Å². The summed E-state index contributed by atoms with van der Waals surface area (Å²) in [6, 6.07) is 17.8. The zero-order valence-electron chi connectivity index (χ0n) is 21.2. The molecule has 3 aromatic carbocycles. The van der Waals surface area contributed by atoms with E-state index in [1.165, 1.54) is 0 Å². The number of hydrogen-bond donors (Lipinski definition) is 1. The maximum absolute atomic E-state index is 6.14. The number of nitrogens with one attached hydrogen (secondary N) is 1. The Morgan fingerprint density at radius 2 is 1.86 bits per heavy atom. The summed E-state index contributed by atoms with van der Waals surface area (Å²) in [6.07, 6.45) is 2.21. The third-order valence-electron chi connectivity index (χ3n) is 6.21. The van der Waals surface area contributed by atoms with Crippen molar-refractivity contribution in [3.8, 4) is 11.5 Å². The largest absolute Gasteiger partial charge is 0.478 e. The van der Waals surface area contributed by atoms with Gasteiger partial charge in [0.2, 0.25) is 0 Å². The number of oxazole rings is 1. The first-order valence-electron chi connectivity index (χ1n) is 12.2. The number of aromatic nitrogens is 3. The van der Waals surface area contributed by atoms with Crippen molar-refractivity contribution in [2.75, 3.05) is 11.9 Å². The Bertz CT molecular complexity index is 1670. The van der Waals surface area contributed by atoms with Gasteiger partial charge in [-0.3, -0.25) is 0 Å². The van der Waals surface area contributed by atoms with E-state index in [4.69, 9.17) is 13.9 Å². The molecule has 6 rings (SSSR count). The number of benzene rings is 3. The summed E-state index contributed by atoms with van der Waals surface area (Å²) in [5, 5.41) is 4.39. The van der Waals surface area contributed by atoms with Crippen molar-refractivity contribution in [3.63, 3.8) is 0 Å². The Morgan fingerprint density at radius 3 is 2.68 bits per heavy atom. The summed E-state index contributed by atoms with van der Waals surface area (Å²) in [5.41, 5.74) is 5.21. The van der Waals surface area contributed by atoms with Gasteiger partial charge in [0.05, 0.1) is 11.1 Å². The number of aryl methyl sites for hydroxylation is 2. The highest BCUT2D eigenvalue weighted by Gasteiger charge is 2.26. The molecule has 3 heterocycles. The van der Waals surface area contributed by atoms with E-state index in [-0.39, 0.29) is 5.54 Å². The monoisotopic (exact) mass is 493 g/mol. The number of rotatable bonds is 6. The summed E-state index contributed by atoms with van der Waals surface area (Å²) < 4.78 is 17.5. The molecule has 1 N–H and O–H groups in total. The van der Waals surface area contributed by atoms with E-state index in [1.54, 1.807) is 6.33 Å². The van der Waals surface area contributed by atoms with E-state index in [1.807, 2.05) is 56.3 Å². The first-order valence-corrected chi connectivity index (χ1v) is 12.2. The molecule has 0 saturated carbocycles. The van der Waals surface area contributed by atoms with Crippen LogP contribution in [0.25, 0.3) is 22.0 Å². The van der Waals surface area contributed by atoms with Crippen molar-refractivity contribution in [1.82, 2.24) is 15.0 Å².